The Kier molecular flexibility index (Phi) is 8.02. The molecule has 3 rings (SSSR count). The van der Waals surface area contributed by atoms with E-state index in [2.05, 4.69) is 25.9 Å². The third-order valence-electron chi connectivity index (χ3n) is 4.29. The number of guanidine groups is 1. The Labute approximate surface area is 176 Å². The minimum atomic E-state index is -0.00814. The maximum atomic E-state index is 12.0. The molecule has 0 aliphatic rings. The lowest BCUT2D eigenvalue weighted by atomic mass is 10.2. The second-order valence-corrected chi connectivity index (χ2v) is 6.64. The lowest BCUT2D eigenvalue weighted by Gasteiger charge is -2.11. The van der Waals surface area contributed by atoms with Crippen LogP contribution in [0.3, 0.4) is 0 Å². The van der Waals surface area contributed by atoms with Crippen molar-refractivity contribution in [2.24, 2.45) is 4.99 Å². The van der Waals surface area contributed by atoms with Gasteiger partial charge in [0.2, 0.25) is 11.8 Å². The van der Waals surface area contributed by atoms with Crippen molar-refractivity contribution < 1.29 is 9.21 Å². The lowest BCUT2D eigenvalue weighted by Crippen LogP contribution is -2.39. The Bertz CT molecular complexity index is 938. The smallest absolute Gasteiger partial charge is 0.226 e. The van der Waals surface area contributed by atoms with Crippen LogP contribution in [0, 0.1) is 0 Å². The van der Waals surface area contributed by atoms with Crippen LogP contribution in [-0.4, -0.2) is 29.9 Å². The second-order valence-electron chi connectivity index (χ2n) is 6.64. The Balaban J connectivity index is 1.45. The first kappa shape index (κ1) is 21.1. The van der Waals surface area contributed by atoms with Crippen LogP contribution in [0.1, 0.15) is 24.6 Å². The van der Waals surface area contributed by atoms with Crippen LogP contribution in [0.15, 0.2) is 76.3 Å². The van der Waals surface area contributed by atoms with Gasteiger partial charge in [0.15, 0.2) is 5.96 Å². The highest BCUT2D eigenvalue weighted by atomic mass is 16.3. The molecule has 0 atom stereocenters. The number of aliphatic imine (C=N–C) groups is 1. The molecular weight excluding hydrogens is 378 g/mol. The van der Waals surface area contributed by atoms with E-state index in [1.165, 1.54) is 0 Å². The van der Waals surface area contributed by atoms with Crippen LogP contribution in [0.25, 0.3) is 11.5 Å². The van der Waals surface area contributed by atoms with E-state index in [0.29, 0.717) is 37.9 Å². The summed E-state index contributed by atoms with van der Waals surface area (Å²) in [6.45, 7) is 4.11. The Hall–Kier alpha value is -3.61. The number of carbonyl (C=O) groups is 1. The van der Waals surface area contributed by atoms with E-state index < -0.39 is 0 Å². The van der Waals surface area contributed by atoms with Crippen molar-refractivity contribution in [1.82, 2.24) is 20.9 Å². The van der Waals surface area contributed by atoms with E-state index >= 15 is 0 Å². The molecule has 0 saturated carbocycles. The van der Waals surface area contributed by atoms with Crippen LogP contribution in [0.4, 0.5) is 0 Å². The number of rotatable bonds is 9. The van der Waals surface area contributed by atoms with Crippen molar-refractivity contribution in [2.75, 3.05) is 13.1 Å². The first-order valence-corrected chi connectivity index (χ1v) is 10.1. The van der Waals surface area contributed by atoms with Gasteiger partial charge in [0.1, 0.15) is 12.0 Å². The maximum Gasteiger partial charge on any atom is 0.226 e. The van der Waals surface area contributed by atoms with Gasteiger partial charge in [0, 0.05) is 31.6 Å². The fourth-order valence-electron chi connectivity index (χ4n) is 2.77. The average Bonchev–Trinajstić information content (AvgIpc) is 3.26. The average molecular weight is 406 g/mol. The zero-order valence-corrected chi connectivity index (χ0v) is 17.1. The number of nitrogens with one attached hydrogen (secondary N) is 3. The molecular formula is C23H27N5O2. The summed E-state index contributed by atoms with van der Waals surface area (Å²) in [4.78, 5) is 21.0. The Morgan fingerprint density at radius 3 is 2.47 bits per heavy atom. The minimum Gasteiger partial charge on any atom is -0.444 e. The summed E-state index contributed by atoms with van der Waals surface area (Å²) in [6, 6.07) is 19.6. The molecule has 2 aromatic carbocycles. The molecule has 7 nitrogen and oxygen atoms in total. The van der Waals surface area contributed by atoms with Crippen LogP contribution in [-0.2, 0) is 17.9 Å². The molecule has 3 aromatic rings. The molecule has 0 fully saturated rings. The Morgan fingerprint density at radius 1 is 1.00 bits per heavy atom. The molecule has 0 bridgehead atoms. The number of benzene rings is 2. The van der Waals surface area contributed by atoms with E-state index in [9.17, 15) is 4.79 Å². The zero-order valence-electron chi connectivity index (χ0n) is 17.1. The molecule has 7 heteroatoms. The summed E-state index contributed by atoms with van der Waals surface area (Å²) in [5, 5.41) is 9.27. The van der Waals surface area contributed by atoms with Crippen LogP contribution < -0.4 is 16.0 Å². The highest BCUT2D eigenvalue weighted by molar-refractivity contribution is 5.81. The topological polar surface area (TPSA) is 91.6 Å². The van der Waals surface area contributed by atoms with Gasteiger partial charge in [-0.1, -0.05) is 48.5 Å². The number of hydrogen-bond donors (Lipinski definition) is 3. The highest BCUT2D eigenvalue weighted by Gasteiger charge is 2.07. The quantitative estimate of drug-likeness (QED) is 0.376. The molecule has 156 valence electrons. The Morgan fingerprint density at radius 2 is 1.73 bits per heavy atom. The molecule has 1 heterocycles. The largest absolute Gasteiger partial charge is 0.444 e. The number of oxazole rings is 1. The molecule has 0 aliphatic heterocycles. The van der Waals surface area contributed by atoms with Gasteiger partial charge in [0.05, 0.1) is 6.54 Å². The SMILES string of the molecule is CCNC(=NCc1coc(-c2ccccc2)n1)NCCC(=O)NCc1ccccc1. The van der Waals surface area contributed by atoms with Crippen molar-refractivity contribution in [3.8, 4) is 11.5 Å². The minimum absolute atomic E-state index is 0.00814. The summed E-state index contributed by atoms with van der Waals surface area (Å²) in [5.74, 6) is 1.21. The number of aromatic nitrogens is 1. The van der Waals surface area contributed by atoms with E-state index in [1.807, 2.05) is 67.6 Å². The van der Waals surface area contributed by atoms with Crippen molar-refractivity contribution in [3.05, 3.63) is 78.2 Å². The van der Waals surface area contributed by atoms with E-state index in [4.69, 9.17) is 4.42 Å². The third kappa shape index (κ3) is 6.77. The van der Waals surface area contributed by atoms with Gasteiger partial charge in [-0.25, -0.2) is 9.98 Å². The standard InChI is InChI=1S/C23H27N5O2/c1-2-24-23(25-14-13-21(29)26-15-18-9-5-3-6-10-18)27-16-20-17-30-22(28-20)19-11-7-4-8-12-19/h3-12,17H,2,13-16H2,1H3,(H,26,29)(H2,24,25,27). The van der Waals surface area contributed by atoms with Gasteiger partial charge in [0.25, 0.3) is 0 Å². The molecule has 0 saturated heterocycles. The predicted molar refractivity (Wildman–Crippen MR) is 118 cm³/mol. The monoisotopic (exact) mass is 405 g/mol. The lowest BCUT2D eigenvalue weighted by molar-refractivity contribution is -0.121. The van der Waals surface area contributed by atoms with Crippen molar-refractivity contribution in [3.63, 3.8) is 0 Å². The van der Waals surface area contributed by atoms with E-state index in [-0.39, 0.29) is 5.91 Å². The van der Waals surface area contributed by atoms with E-state index in [1.54, 1.807) is 6.26 Å². The van der Waals surface area contributed by atoms with Crippen molar-refractivity contribution in [1.29, 1.82) is 0 Å². The van der Waals surface area contributed by atoms with Crippen LogP contribution >= 0.6 is 0 Å². The van der Waals surface area contributed by atoms with E-state index in [0.717, 1.165) is 23.4 Å². The molecule has 30 heavy (non-hydrogen) atoms. The number of nitrogens with zero attached hydrogens (tertiary/aromatic N) is 2. The normalized spacial score (nSPS) is 11.2. The van der Waals surface area contributed by atoms with Gasteiger partial charge in [-0.05, 0) is 24.6 Å². The summed E-state index contributed by atoms with van der Waals surface area (Å²) in [5.41, 5.74) is 2.75. The number of hydrogen-bond acceptors (Lipinski definition) is 4. The summed E-state index contributed by atoms with van der Waals surface area (Å²) in [7, 11) is 0. The summed E-state index contributed by atoms with van der Waals surface area (Å²) < 4.78 is 5.54. The molecule has 0 unspecified atom stereocenters. The predicted octanol–water partition coefficient (Wildman–Crippen LogP) is 3.10. The van der Waals surface area contributed by atoms with Gasteiger partial charge in [-0.2, -0.15) is 0 Å². The third-order valence-corrected chi connectivity index (χ3v) is 4.29. The van der Waals surface area contributed by atoms with Gasteiger partial charge < -0.3 is 20.4 Å². The van der Waals surface area contributed by atoms with Crippen LogP contribution in [0.2, 0.25) is 0 Å². The first-order valence-electron chi connectivity index (χ1n) is 10.1. The fourth-order valence-corrected chi connectivity index (χ4v) is 2.77. The molecule has 0 aliphatic carbocycles. The molecule has 1 amide bonds. The summed E-state index contributed by atoms with van der Waals surface area (Å²) in [6.07, 6.45) is 1.98. The zero-order chi connectivity index (χ0) is 21.0. The molecule has 3 N–H and O–H groups in total. The van der Waals surface area contributed by atoms with Gasteiger partial charge in [-0.15, -0.1) is 0 Å². The van der Waals surface area contributed by atoms with Gasteiger partial charge in [-0.3, -0.25) is 4.79 Å². The molecule has 0 radical (unpaired) electrons. The van der Waals surface area contributed by atoms with Crippen molar-refractivity contribution in [2.45, 2.75) is 26.4 Å². The van der Waals surface area contributed by atoms with Crippen LogP contribution in [0.5, 0.6) is 0 Å². The fraction of sp³-hybridized carbons (Fsp3) is 0.261. The second kappa shape index (κ2) is 11.4. The first-order chi connectivity index (χ1) is 14.7. The maximum absolute atomic E-state index is 12.0. The molecule has 1 aromatic heterocycles. The summed E-state index contributed by atoms with van der Waals surface area (Å²) >= 11 is 0. The number of amides is 1. The van der Waals surface area contributed by atoms with Crippen molar-refractivity contribution >= 4 is 11.9 Å². The molecule has 0 spiro atoms. The number of carbonyl (C=O) groups excluding carboxylic acids is 1. The van der Waals surface area contributed by atoms with Gasteiger partial charge >= 0.3 is 0 Å². The highest BCUT2D eigenvalue weighted by Crippen LogP contribution is 2.18.